The molecule has 0 saturated heterocycles. The van der Waals surface area contributed by atoms with Crippen molar-refractivity contribution in [1.82, 2.24) is 10.6 Å². The Morgan fingerprint density at radius 1 is 0.475 bits per heavy atom. The van der Waals surface area contributed by atoms with E-state index in [4.69, 9.17) is 9.47 Å². The second-order valence-corrected chi connectivity index (χ2v) is 11.8. The number of ether oxygens (including phenoxy) is 2. The van der Waals surface area contributed by atoms with Crippen molar-refractivity contribution in [2.45, 2.75) is 156 Å². The average molecular weight is 569 g/mol. The van der Waals surface area contributed by atoms with Crippen molar-refractivity contribution in [2.75, 3.05) is 39.4 Å². The monoisotopic (exact) mass is 569 g/mol. The predicted octanol–water partition coefficient (Wildman–Crippen LogP) is 8.37. The Hall–Kier alpha value is -1.14. The fraction of sp³-hybridized carbons (Fsp3) is 0.941. The molecular formula is C34H68N2O4. The molecule has 0 heterocycles. The molecule has 0 rings (SSSR count). The number of carbonyl (C=O) groups is 2. The Labute approximate surface area is 248 Å². The first-order chi connectivity index (χ1) is 19.6. The summed E-state index contributed by atoms with van der Waals surface area (Å²) in [6.07, 6.45) is 22.1. The van der Waals surface area contributed by atoms with Crippen molar-refractivity contribution in [3.63, 3.8) is 0 Å². The number of rotatable bonds is 31. The van der Waals surface area contributed by atoms with Gasteiger partial charge in [-0.3, -0.25) is 9.59 Å². The van der Waals surface area contributed by atoms with Crippen LogP contribution in [-0.4, -0.2) is 51.3 Å². The van der Waals surface area contributed by atoms with Gasteiger partial charge >= 0.3 is 11.9 Å². The molecule has 0 aliphatic rings. The maximum Gasteiger partial charge on any atom is 0.307 e. The molecule has 0 radical (unpaired) electrons. The van der Waals surface area contributed by atoms with Crippen LogP contribution < -0.4 is 10.6 Å². The standard InChI is InChI=1S/C34H68N2O4/c1-5-9-13-21-31(19-7-3)29-39-33(37)23-15-11-16-25-35-26-17-12-18-27-36-28-24-34(38)40-30-32(20-8-4)22-14-10-6-2/h31-32,35-36H,5-30H2,1-4H3. The maximum absolute atomic E-state index is 12.1. The summed E-state index contributed by atoms with van der Waals surface area (Å²) in [5.74, 6) is 0.980. The molecule has 40 heavy (non-hydrogen) atoms. The van der Waals surface area contributed by atoms with Crippen LogP contribution in [0.1, 0.15) is 156 Å². The summed E-state index contributed by atoms with van der Waals surface area (Å²) in [4.78, 5) is 24.1. The van der Waals surface area contributed by atoms with E-state index in [1.165, 1.54) is 64.2 Å². The minimum absolute atomic E-state index is 0.0199. The van der Waals surface area contributed by atoms with Crippen LogP contribution in [0.4, 0.5) is 0 Å². The summed E-state index contributed by atoms with van der Waals surface area (Å²) >= 11 is 0. The SMILES string of the molecule is CCCCCC(CCC)COC(=O)CCCCCNCCCCCNCCC(=O)OCC(CCC)CCCCC. The molecule has 0 fully saturated rings. The first-order valence-corrected chi connectivity index (χ1v) is 17.3. The molecule has 2 N–H and O–H groups in total. The molecular weight excluding hydrogens is 500 g/mol. The van der Waals surface area contributed by atoms with Crippen molar-refractivity contribution < 1.29 is 19.1 Å². The molecule has 6 nitrogen and oxygen atoms in total. The molecule has 2 unspecified atom stereocenters. The fourth-order valence-corrected chi connectivity index (χ4v) is 5.18. The minimum Gasteiger partial charge on any atom is -0.465 e. The van der Waals surface area contributed by atoms with Gasteiger partial charge in [0, 0.05) is 13.0 Å². The quantitative estimate of drug-likeness (QED) is 0.0646. The summed E-state index contributed by atoms with van der Waals surface area (Å²) in [5.41, 5.74) is 0. The highest BCUT2D eigenvalue weighted by Crippen LogP contribution is 2.17. The van der Waals surface area contributed by atoms with Gasteiger partial charge in [-0.05, 0) is 82.8 Å². The third-order valence-corrected chi connectivity index (χ3v) is 7.73. The van der Waals surface area contributed by atoms with Gasteiger partial charge in [-0.25, -0.2) is 0 Å². The number of hydrogen-bond donors (Lipinski definition) is 2. The molecule has 2 atom stereocenters. The molecule has 0 bridgehead atoms. The number of hydrogen-bond acceptors (Lipinski definition) is 6. The van der Waals surface area contributed by atoms with Crippen LogP contribution in [0.2, 0.25) is 0 Å². The molecule has 0 aliphatic carbocycles. The molecule has 238 valence electrons. The molecule has 0 aromatic heterocycles. The Kier molecular flexibility index (Phi) is 29.9. The van der Waals surface area contributed by atoms with Crippen LogP contribution in [0.3, 0.4) is 0 Å². The van der Waals surface area contributed by atoms with E-state index in [-0.39, 0.29) is 11.9 Å². The fourth-order valence-electron chi connectivity index (χ4n) is 5.18. The van der Waals surface area contributed by atoms with Crippen LogP contribution in [-0.2, 0) is 19.1 Å². The third kappa shape index (κ3) is 27.1. The highest BCUT2D eigenvalue weighted by molar-refractivity contribution is 5.69. The Balaban J connectivity index is 3.51. The second kappa shape index (κ2) is 30.8. The molecule has 0 saturated carbocycles. The van der Waals surface area contributed by atoms with Crippen LogP contribution >= 0.6 is 0 Å². The van der Waals surface area contributed by atoms with Crippen LogP contribution in [0.25, 0.3) is 0 Å². The molecule has 6 heteroatoms. The van der Waals surface area contributed by atoms with Crippen molar-refractivity contribution in [1.29, 1.82) is 0 Å². The van der Waals surface area contributed by atoms with E-state index in [1.807, 2.05) is 0 Å². The highest BCUT2D eigenvalue weighted by Gasteiger charge is 2.12. The van der Waals surface area contributed by atoms with E-state index < -0.39 is 0 Å². The van der Waals surface area contributed by atoms with E-state index in [0.717, 1.165) is 71.0 Å². The van der Waals surface area contributed by atoms with Crippen LogP contribution in [0, 0.1) is 11.8 Å². The van der Waals surface area contributed by atoms with Gasteiger partial charge in [-0.2, -0.15) is 0 Å². The summed E-state index contributed by atoms with van der Waals surface area (Å²) in [6, 6.07) is 0. The Morgan fingerprint density at radius 3 is 1.40 bits per heavy atom. The van der Waals surface area contributed by atoms with E-state index in [1.54, 1.807) is 0 Å². The summed E-state index contributed by atoms with van der Waals surface area (Å²) < 4.78 is 11.1. The van der Waals surface area contributed by atoms with Gasteiger partial charge in [0.2, 0.25) is 0 Å². The second-order valence-electron chi connectivity index (χ2n) is 11.8. The number of esters is 2. The van der Waals surface area contributed by atoms with Crippen molar-refractivity contribution in [3.8, 4) is 0 Å². The lowest BCUT2D eigenvalue weighted by Crippen LogP contribution is -2.22. The molecule has 0 spiro atoms. The smallest absolute Gasteiger partial charge is 0.307 e. The van der Waals surface area contributed by atoms with E-state index in [0.29, 0.717) is 44.4 Å². The van der Waals surface area contributed by atoms with Crippen molar-refractivity contribution in [3.05, 3.63) is 0 Å². The van der Waals surface area contributed by atoms with E-state index in [9.17, 15) is 9.59 Å². The zero-order chi connectivity index (χ0) is 29.5. The summed E-state index contributed by atoms with van der Waals surface area (Å²) in [7, 11) is 0. The van der Waals surface area contributed by atoms with Gasteiger partial charge in [-0.1, -0.05) is 91.9 Å². The third-order valence-electron chi connectivity index (χ3n) is 7.73. The zero-order valence-electron chi connectivity index (χ0n) is 27.2. The topological polar surface area (TPSA) is 76.7 Å². The lowest BCUT2D eigenvalue weighted by molar-refractivity contribution is -0.146. The molecule has 0 aromatic rings. The summed E-state index contributed by atoms with van der Waals surface area (Å²) in [6.45, 7) is 13.8. The average Bonchev–Trinajstić information content (AvgIpc) is 2.95. The van der Waals surface area contributed by atoms with Gasteiger partial charge < -0.3 is 20.1 Å². The maximum atomic E-state index is 12.1. The first kappa shape index (κ1) is 38.9. The van der Waals surface area contributed by atoms with Crippen LogP contribution in [0.15, 0.2) is 0 Å². The van der Waals surface area contributed by atoms with Gasteiger partial charge in [-0.15, -0.1) is 0 Å². The Bertz CT molecular complexity index is 510. The lowest BCUT2D eigenvalue weighted by atomic mass is 9.97. The normalized spacial score (nSPS) is 12.8. The van der Waals surface area contributed by atoms with Gasteiger partial charge in [0.05, 0.1) is 19.6 Å². The first-order valence-electron chi connectivity index (χ1n) is 17.3. The molecule has 0 amide bonds. The lowest BCUT2D eigenvalue weighted by Gasteiger charge is -2.16. The van der Waals surface area contributed by atoms with Gasteiger partial charge in [0.1, 0.15) is 0 Å². The summed E-state index contributed by atoms with van der Waals surface area (Å²) in [5, 5.41) is 6.90. The molecule has 0 aromatic carbocycles. The van der Waals surface area contributed by atoms with Crippen molar-refractivity contribution >= 4 is 11.9 Å². The molecule has 0 aliphatic heterocycles. The van der Waals surface area contributed by atoms with E-state index >= 15 is 0 Å². The number of nitrogens with one attached hydrogen (secondary N) is 2. The van der Waals surface area contributed by atoms with Crippen LogP contribution in [0.5, 0.6) is 0 Å². The van der Waals surface area contributed by atoms with Gasteiger partial charge in [0.15, 0.2) is 0 Å². The number of unbranched alkanes of at least 4 members (excludes halogenated alkanes) is 8. The predicted molar refractivity (Wildman–Crippen MR) is 170 cm³/mol. The number of carbonyl (C=O) groups excluding carboxylic acids is 2. The Morgan fingerprint density at radius 2 is 0.925 bits per heavy atom. The largest absolute Gasteiger partial charge is 0.465 e. The highest BCUT2D eigenvalue weighted by atomic mass is 16.5. The van der Waals surface area contributed by atoms with Gasteiger partial charge in [0.25, 0.3) is 0 Å². The van der Waals surface area contributed by atoms with E-state index in [2.05, 4.69) is 38.3 Å². The van der Waals surface area contributed by atoms with Crippen molar-refractivity contribution in [2.24, 2.45) is 11.8 Å². The minimum atomic E-state index is -0.0661. The zero-order valence-corrected chi connectivity index (χ0v) is 27.2.